The van der Waals surface area contributed by atoms with Crippen LogP contribution in [0.25, 0.3) is 0 Å². The number of carbonyl (C=O) groups is 1. The third-order valence-electron chi connectivity index (χ3n) is 3.07. The Morgan fingerprint density at radius 1 is 1.25 bits per heavy atom. The van der Waals surface area contributed by atoms with Crippen LogP contribution in [0.1, 0.15) is 34.5 Å². The van der Waals surface area contributed by atoms with Gasteiger partial charge in [-0.15, -0.1) is 0 Å². The average Bonchev–Trinajstić information content (AvgIpc) is 2.47. The summed E-state index contributed by atoms with van der Waals surface area (Å²) in [5.41, 5.74) is 2.79. The predicted molar refractivity (Wildman–Crippen MR) is 86.4 cm³/mol. The van der Waals surface area contributed by atoms with Crippen LogP contribution < -0.4 is 5.32 Å². The maximum Gasteiger partial charge on any atom is 0.251 e. The minimum absolute atomic E-state index is 0.0846. The normalized spacial score (nSPS) is 11.9. The molecule has 1 unspecified atom stereocenters. The molecule has 20 heavy (non-hydrogen) atoms. The van der Waals surface area contributed by atoms with Gasteiger partial charge in [-0.3, -0.25) is 4.79 Å². The molecule has 0 aliphatic heterocycles. The van der Waals surface area contributed by atoms with Crippen LogP contribution in [0.2, 0.25) is 5.02 Å². The van der Waals surface area contributed by atoms with Gasteiger partial charge in [-0.1, -0.05) is 51.8 Å². The highest BCUT2D eigenvalue weighted by Gasteiger charge is 2.11. The van der Waals surface area contributed by atoms with Crippen molar-refractivity contribution in [3.63, 3.8) is 0 Å². The summed E-state index contributed by atoms with van der Waals surface area (Å²) < 4.78 is 0. The molecule has 0 radical (unpaired) electrons. The van der Waals surface area contributed by atoms with Crippen molar-refractivity contribution in [3.05, 3.63) is 70.2 Å². The third-order valence-corrected chi connectivity index (χ3v) is 3.95. The number of carbonyl (C=O) groups excluding carboxylic acids is 1. The van der Waals surface area contributed by atoms with Gasteiger partial charge >= 0.3 is 0 Å². The fourth-order valence-corrected chi connectivity index (χ4v) is 2.46. The van der Waals surface area contributed by atoms with E-state index in [1.54, 1.807) is 0 Å². The van der Waals surface area contributed by atoms with Crippen molar-refractivity contribution in [2.45, 2.75) is 18.3 Å². The molecule has 0 saturated heterocycles. The summed E-state index contributed by atoms with van der Waals surface area (Å²) in [6.45, 7) is 1.94. The number of nitrogens with one attached hydrogen (secondary N) is 1. The molecule has 0 aromatic heterocycles. The number of benzene rings is 2. The summed E-state index contributed by atoms with van der Waals surface area (Å²) in [4.78, 5) is 12.2. The number of halogens is 2. The van der Waals surface area contributed by atoms with Crippen LogP contribution in [-0.2, 0) is 5.33 Å². The number of hydrogen-bond acceptors (Lipinski definition) is 1. The highest BCUT2D eigenvalue weighted by atomic mass is 79.9. The lowest BCUT2D eigenvalue weighted by Gasteiger charge is -2.14. The molecule has 104 valence electrons. The van der Waals surface area contributed by atoms with Gasteiger partial charge in [0.1, 0.15) is 0 Å². The van der Waals surface area contributed by atoms with E-state index in [9.17, 15) is 4.79 Å². The maximum atomic E-state index is 12.2. The van der Waals surface area contributed by atoms with Gasteiger partial charge in [0.2, 0.25) is 0 Å². The van der Waals surface area contributed by atoms with E-state index in [1.807, 2.05) is 55.5 Å². The van der Waals surface area contributed by atoms with Crippen molar-refractivity contribution in [2.24, 2.45) is 0 Å². The Morgan fingerprint density at radius 3 is 2.55 bits per heavy atom. The van der Waals surface area contributed by atoms with E-state index in [-0.39, 0.29) is 11.9 Å². The van der Waals surface area contributed by atoms with Gasteiger partial charge < -0.3 is 5.32 Å². The van der Waals surface area contributed by atoms with Crippen molar-refractivity contribution in [3.8, 4) is 0 Å². The van der Waals surface area contributed by atoms with Crippen LogP contribution in [0.4, 0.5) is 0 Å². The second kappa shape index (κ2) is 6.91. The quantitative estimate of drug-likeness (QED) is 0.792. The van der Waals surface area contributed by atoms with Crippen LogP contribution in [0.3, 0.4) is 0 Å². The molecular weight excluding hydrogens is 338 g/mol. The molecule has 0 fully saturated rings. The predicted octanol–water partition coefficient (Wildman–Crippen LogP) is 4.73. The Bertz CT molecular complexity index is 598. The van der Waals surface area contributed by atoms with Gasteiger partial charge in [-0.2, -0.15) is 0 Å². The van der Waals surface area contributed by atoms with E-state index in [0.717, 1.165) is 16.5 Å². The number of alkyl halides is 1. The van der Waals surface area contributed by atoms with Crippen LogP contribution >= 0.6 is 27.5 Å². The minimum atomic E-state index is -0.0861. The first kappa shape index (κ1) is 15.1. The molecule has 0 aliphatic rings. The Hall–Kier alpha value is -1.32. The fraction of sp³-hybridized carbons (Fsp3) is 0.188. The molecule has 0 aliphatic carbocycles. The number of amides is 1. The van der Waals surface area contributed by atoms with E-state index in [1.165, 1.54) is 0 Å². The molecule has 2 aromatic rings. The van der Waals surface area contributed by atoms with Gasteiger partial charge in [-0.05, 0) is 42.3 Å². The van der Waals surface area contributed by atoms with Crippen molar-refractivity contribution >= 4 is 33.4 Å². The molecule has 0 heterocycles. The second-order valence-electron chi connectivity index (χ2n) is 4.58. The van der Waals surface area contributed by atoms with E-state index < -0.39 is 0 Å². The number of rotatable bonds is 4. The topological polar surface area (TPSA) is 29.1 Å². The first-order valence-electron chi connectivity index (χ1n) is 6.31. The van der Waals surface area contributed by atoms with E-state index >= 15 is 0 Å². The summed E-state index contributed by atoms with van der Waals surface area (Å²) in [7, 11) is 0. The van der Waals surface area contributed by atoms with E-state index in [2.05, 4.69) is 21.2 Å². The average molecular weight is 353 g/mol. The summed E-state index contributed by atoms with van der Waals surface area (Å²) in [6.07, 6.45) is 0. The Labute approximate surface area is 132 Å². The van der Waals surface area contributed by atoms with Crippen LogP contribution in [0.5, 0.6) is 0 Å². The van der Waals surface area contributed by atoms with Crippen molar-refractivity contribution < 1.29 is 4.79 Å². The van der Waals surface area contributed by atoms with Crippen LogP contribution in [0, 0.1) is 0 Å². The van der Waals surface area contributed by atoms with E-state index in [0.29, 0.717) is 10.6 Å². The van der Waals surface area contributed by atoms with Gasteiger partial charge in [0.05, 0.1) is 6.04 Å². The van der Waals surface area contributed by atoms with Crippen molar-refractivity contribution in [1.29, 1.82) is 0 Å². The minimum Gasteiger partial charge on any atom is -0.346 e. The molecular formula is C16H15BrClNO. The molecule has 2 aromatic carbocycles. The van der Waals surface area contributed by atoms with Crippen molar-refractivity contribution in [2.75, 3.05) is 0 Å². The summed E-state index contributed by atoms with van der Waals surface area (Å²) >= 11 is 9.34. The molecule has 1 N–H and O–H groups in total. The SMILES string of the molecule is CC(NC(=O)c1ccc(CBr)cc1)c1cccc(Cl)c1. The summed E-state index contributed by atoms with van der Waals surface area (Å²) in [5, 5.41) is 4.42. The summed E-state index contributed by atoms with van der Waals surface area (Å²) in [5.74, 6) is -0.0846. The zero-order valence-electron chi connectivity index (χ0n) is 11.1. The first-order chi connectivity index (χ1) is 9.60. The van der Waals surface area contributed by atoms with Crippen LogP contribution in [0.15, 0.2) is 48.5 Å². The smallest absolute Gasteiger partial charge is 0.251 e. The molecule has 2 nitrogen and oxygen atoms in total. The zero-order valence-corrected chi connectivity index (χ0v) is 13.4. The lowest BCUT2D eigenvalue weighted by atomic mass is 10.1. The monoisotopic (exact) mass is 351 g/mol. The lowest BCUT2D eigenvalue weighted by Crippen LogP contribution is -2.26. The van der Waals surface area contributed by atoms with E-state index in [4.69, 9.17) is 11.6 Å². The first-order valence-corrected chi connectivity index (χ1v) is 7.81. The van der Waals surface area contributed by atoms with Gasteiger partial charge in [0.25, 0.3) is 5.91 Å². The molecule has 1 amide bonds. The van der Waals surface area contributed by atoms with Gasteiger partial charge in [-0.25, -0.2) is 0 Å². The molecule has 2 rings (SSSR count). The Kier molecular flexibility index (Phi) is 5.21. The number of hydrogen-bond donors (Lipinski definition) is 1. The zero-order chi connectivity index (χ0) is 14.5. The molecule has 0 spiro atoms. The third kappa shape index (κ3) is 3.84. The molecule has 1 atom stereocenters. The molecule has 0 bridgehead atoms. The fourth-order valence-electron chi connectivity index (χ4n) is 1.88. The summed E-state index contributed by atoms with van der Waals surface area (Å²) in [6, 6.07) is 15.0. The van der Waals surface area contributed by atoms with Crippen molar-refractivity contribution in [1.82, 2.24) is 5.32 Å². The van der Waals surface area contributed by atoms with Gasteiger partial charge in [0.15, 0.2) is 0 Å². The van der Waals surface area contributed by atoms with Gasteiger partial charge in [0, 0.05) is 15.9 Å². The second-order valence-corrected chi connectivity index (χ2v) is 5.58. The Balaban J connectivity index is 2.06. The standard InChI is InChI=1S/C16H15BrClNO/c1-11(14-3-2-4-15(18)9-14)19-16(20)13-7-5-12(10-17)6-8-13/h2-9,11H,10H2,1H3,(H,19,20). The van der Waals surface area contributed by atoms with Crippen LogP contribution in [-0.4, -0.2) is 5.91 Å². The highest BCUT2D eigenvalue weighted by molar-refractivity contribution is 9.08. The lowest BCUT2D eigenvalue weighted by molar-refractivity contribution is 0.0940. The highest BCUT2D eigenvalue weighted by Crippen LogP contribution is 2.18. The maximum absolute atomic E-state index is 12.2. The molecule has 0 saturated carbocycles. The molecule has 4 heteroatoms. The largest absolute Gasteiger partial charge is 0.346 e. The Morgan fingerprint density at radius 2 is 1.95 bits per heavy atom.